The van der Waals surface area contributed by atoms with E-state index in [1.165, 1.54) is 98.6 Å². The molecule has 0 aliphatic heterocycles. The van der Waals surface area contributed by atoms with Crippen LogP contribution in [0.1, 0.15) is 0 Å². The fraction of sp³-hybridized carbons (Fsp3) is 0. The number of rotatable bonds is 8. The van der Waals surface area contributed by atoms with E-state index in [1.54, 1.807) is 0 Å². The molecule has 0 atom stereocenters. The lowest BCUT2D eigenvalue weighted by atomic mass is 9.86. The van der Waals surface area contributed by atoms with Gasteiger partial charge in [0.2, 0.25) is 0 Å². The van der Waals surface area contributed by atoms with Crippen molar-refractivity contribution in [2.45, 2.75) is 0 Å². The summed E-state index contributed by atoms with van der Waals surface area (Å²) in [5.74, 6) is 0. The van der Waals surface area contributed by atoms with Crippen LogP contribution in [-0.2, 0) is 0 Å². The molecule has 0 aliphatic rings. The van der Waals surface area contributed by atoms with E-state index in [1.807, 2.05) is 0 Å². The third kappa shape index (κ3) is 6.49. The minimum absolute atomic E-state index is 1.07. The van der Waals surface area contributed by atoms with Crippen LogP contribution in [0.15, 0.2) is 267 Å². The Bertz CT molecular complexity index is 3880. The second-order valence-corrected chi connectivity index (χ2v) is 17.6. The molecular weight excluding hydrogens is 821 g/mol. The highest BCUT2D eigenvalue weighted by atomic mass is 15.2. The highest BCUT2D eigenvalue weighted by Crippen LogP contribution is 2.47. The van der Waals surface area contributed by atoms with Gasteiger partial charge >= 0.3 is 0 Å². The number of hydrogen-bond acceptors (Lipinski definition) is 1. The predicted octanol–water partition coefficient (Wildman–Crippen LogP) is 18.4. The molecule has 318 valence electrons. The van der Waals surface area contributed by atoms with Gasteiger partial charge in [-0.05, 0) is 125 Å². The molecule has 12 aromatic carbocycles. The van der Waals surface area contributed by atoms with Gasteiger partial charge in [0, 0.05) is 22.1 Å². The van der Waals surface area contributed by atoms with E-state index < -0.39 is 0 Å². The molecule has 13 rings (SSSR count). The van der Waals surface area contributed by atoms with Gasteiger partial charge < -0.3 is 9.47 Å². The first-order valence-corrected chi connectivity index (χ1v) is 23.4. The molecule has 0 N–H and O–H groups in total. The molecule has 13 aromatic rings. The summed E-state index contributed by atoms with van der Waals surface area (Å²) in [6, 6.07) is 97.4. The Hall–Kier alpha value is -8.98. The fourth-order valence-corrected chi connectivity index (χ4v) is 10.8. The largest absolute Gasteiger partial charge is 0.308 e. The number of nitrogens with zero attached hydrogens (tertiary/aromatic N) is 2. The van der Waals surface area contributed by atoms with E-state index >= 15 is 0 Å². The molecule has 0 unspecified atom stereocenters. The lowest BCUT2D eigenvalue weighted by Crippen LogP contribution is -2.13. The number of fused-ring (bicyclic) bond motifs is 6. The monoisotopic (exact) mass is 864 g/mol. The molecule has 1 aromatic heterocycles. The number of hydrogen-bond donors (Lipinski definition) is 0. The Kier molecular flexibility index (Phi) is 9.54. The zero-order valence-electron chi connectivity index (χ0n) is 37.3. The van der Waals surface area contributed by atoms with Gasteiger partial charge in [-0.2, -0.15) is 0 Å². The minimum Gasteiger partial charge on any atom is -0.308 e. The number of anilines is 3. The zero-order chi connectivity index (χ0) is 45.0. The smallest absolute Gasteiger partial charge is 0.0702 e. The SMILES string of the molecule is c1ccc(-c2c3ccccc3c(-c3ccc(N(c4ccc(-c5cccc6cccc(-c7ccccc7)c56)cc4)c4ccccc4-n4c5ccccc5c5ccccc54)cc3)c3ccccc23)cc1. The minimum atomic E-state index is 1.07. The quantitative estimate of drug-likeness (QED) is 0.138. The van der Waals surface area contributed by atoms with E-state index in [0.717, 1.165) is 22.7 Å². The average Bonchev–Trinajstić information content (AvgIpc) is 3.75. The maximum Gasteiger partial charge on any atom is 0.0702 e. The van der Waals surface area contributed by atoms with Crippen molar-refractivity contribution in [2.24, 2.45) is 0 Å². The number of benzene rings is 12. The van der Waals surface area contributed by atoms with Gasteiger partial charge in [0.05, 0.1) is 22.4 Å². The number of para-hydroxylation sites is 4. The fourth-order valence-electron chi connectivity index (χ4n) is 10.8. The lowest BCUT2D eigenvalue weighted by Gasteiger charge is -2.29. The summed E-state index contributed by atoms with van der Waals surface area (Å²) in [5.41, 5.74) is 16.4. The molecule has 0 amide bonds. The van der Waals surface area contributed by atoms with Gasteiger partial charge in [-0.3, -0.25) is 0 Å². The van der Waals surface area contributed by atoms with Crippen molar-refractivity contribution in [3.63, 3.8) is 0 Å². The molecule has 2 heteroatoms. The number of aromatic nitrogens is 1. The molecular formula is C66H44N2. The second-order valence-electron chi connectivity index (χ2n) is 17.6. The average molecular weight is 865 g/mol. The van der Waals surface area contributed by atoms with Crippen molar-refractivity contribution in [3.8, 4) is 50.2 Å². The Balaban J connectivity index is 1.00. The summed E-state index contributed by atoms with van der Waals surface area (Å²) in [4.78, 5) is 2.43. The molecule has 2 nitrogen and oxygen atoms in total. The lowest BCUT2D eigenvalue weighted by molar-refractivity contribution is 1.15. The Labute approximate surface area is 395 Å². The maximum absolute atomic E-state index is 2.43. The Morgan fingerprint density at radius 2 is 0.647 bits per heavy atom. The van der Waals surface area contributed by atoms with E-state index in [0.29, 0.717) is 0 Å². The van der Waals surface area contributed by atoms with Crippen LogP contribution in [0.25, 0.3) is 104 Å². The van der Waals surface area contributed by atoms with Crippen LogP contribution >= 0.6 is 0 Å². The summed E-state index contributed by atoms with van der Waals surface area (Å²) in [6.45, 7) is 0. The van der Waals surface area contributed by atoms with Crippen LogP contribution in [0, 0.1) is 0 Å². The summed E-state index contributed by atoms with van der Waals surface area (Å²) >= 11 is 0. The van der Waals surface area contributed by atoms with Gasteiger partial charge in [0.15, 0.2) is 0 Å². The first-order chi connectivity index (χ1) is 33.8. The van der Waals surface area contributed by atoms with Crippen molar-refractivity contribution >= 4 is 71.2 Å². The third-order valence-electron chi connectivity index (χ3n) is 13.8. The third-order valence-corrected chi connectivity index (χ3v) is 13.8. The topological polar surface area (TPSA) is 8.17 Å². The summed E-state index contributed by atoms with van der Waals surface area (Å²) < 4.78 is 2.43. The van der Waals surface area contributed by atoms with Crippen LogP contribution < -0.4 is 4.90 Å². The van der Waals surface area contributed by atoms with Crippen molar-refractivity contribution in [1.29, 1.82) is 0 Å². The molecule has 0 aliphatic carbocycles. The van der Waals surface area contributed by atoms with E-state index in [2.05, 4.69) is 276 Å². The Morgan fingerprint density at radius 3 is 1.16 bits per heavy atom. The van der Waals surface area contributed by atoms with Crippen LogP contribution in [0.4, 0.5) is 17.1 Å². The highest BCUT2D eigenvalue weighted by Gasteiger charge is 2.22. The van der Waals surface area contributed by atoms with E-state index in [4.69, 9.17) is 0 Å². The standard InChI is InChI=1S/C66H44N2/c1-3-19-45(20-4-1)52-31-17-23-48-24-18-32-53(64(48)52)46-37-41-50(42-38-46)67(62-35-15-16-36-63(62)68-60-33-13-11-25-54(60)55-26-12-14-34-61(55)68)51-43-39-49(40-44-51)66-58-29-9-7-27-56(58)65(47-21-5-2-6-22-47)57-28-8-10-30-59(57)66/h1-44H. The Morgan fingerprint density at radius 1 is 0.265 bits per heavy atom. The molecule has 1 heterocycles. The predicted molar refractivity (Wildman–Crippen MR) is 290 cm³/mol. The molecule has 0 saturated heterocycles. The maximum atomic E-state index is 2.43. The molecule has 0 radical (unpaired) electrons. The molecule has 0 fully saturated rings. The first kappa shape index (κ1) is 39.4. The van der Waals surface area contributed by atoms with Crippen LogP contribution in [0.3, 0.4) is 0 Å². The van der Waals surface area contributed by atoms with Crippen molar-refractivity contribution in [2.75, 3.05) is 4.90 Å². The van der Waals surface area contributed by atoms with Crippen LogP contribution in [-0.4, -0.2) is 4.57 Å². The van der Waals surface area contributed by atoms with Crippen LogP contribution in [0.2, 0.25) is 0 Å². The van der Waals surface area contributed by atoms with Gasteiger partial charge in [-0.25, -0.2) is 0 Å². The second kappa shape index (κ2) is 16.5. The zero-order valence-corrected chi connectivity index (χ0v) is 37.3. The molecule has 0 bridgehead atoms. The summed E-state index contributed by atoms with van der Waals surface area (Å²) in [6.07, 6.45) is 0. The first-order valence-electron chi connectivity index (χ1n) is 23.4. The van der Waals surface area contributed by atoms with Gasteiger partial charge in [0.25, 0.3) is 0 Å². The highest BCUT2D eigenvalue weighted by molar-refractivity contribution is 6.21. The van der Waals surface area contributed by atoms with Crippen molar-refractivity contribution in [1.82, 2.24) is 4.57 Å². The van der Waals surface area contributed by atoms with Crippen molar-refractivity contribution in [3.05, 3.63) is 267 Å². The van der Waals surface area contributed by atoms with E-state index in [9.17, 15) is 0 Å². The summed E-state index contributed by atoms with van der Waals surface area (Å²) in [5, 5.41) is 9.94. The molecule has 0 spiro atoms. The van der Waals surface area contributed by atoms with E-state index in [-0.39, 0.29) is 0 Å². The van der Waals surface area contributed by atoms with Gasteiger partial charge in [-0.1, -0.05) is 218 Å². The molecule has 68 heavy (non-hydrogen) atoms. The molecule has 0 saturated carbocycles. The van der Waals surface area contributed by atoms with Crippen molar-refractivity contribution < 1.29 is 0 Å². The van der Waals surface area contributed by atoms with Gasteiger partial charge in [-0.15, -0.1) is 0 Å². The van der Waals surface area contributed by atoms with Crippen LogP contribution in [0.5, 0.6) is 0 Å². The van der Waals surface area contributed by atoms with Gasteiger partial charge in [0.1, 0.15) is 0 Å². The normalized spacial score (nSPS) is 11.5. The summed E-state index contributed by atoms with van der Waals surface area (Å²) in [7, 11) is 0.